The first-order valence-corrected chi connectivity index (χ1v) is 7.63. The van der Waals surface area contributed by atoms with Crippen molar-refractivity contribution in [3.8, 4) is 0 Å². The van der Waals surface area contributed by atoms with Crippen molar-refractivity contribution < 1.29 is 19.5 Å². The van der Waals surface area contributed by atoms with E-state index >= 15 is 0 Å². The van der Waals surface area contributed by atoms with Crippen molar-refractivity contribution in [1.82, 2.24) is 5.32 Å². The van der Waals surface area contributed by atoms with Crippen LogP contribution in [-0.4, -0.2) is 35.2 Å². The molecule has 1 aliphatic rings. The number of alkyl halides is 1. The summed E-state index contributed by atoms with van der Waals surface area (Å²) in [6.45, 7) is 0.581. The maximum absolute atomic E-state index is 12.0. The molecule has 122 valence electrons. The summed E-state index contributed by atoms with van der Waals surface area (Å²) in [5.74, 6) is -0.926. The summed E-state index contributed by atoms with van der Waals surface area (Å²) in [5.41, 5.74) is 0.710. The molecule has 2 rings (SSSR count). The highest BCUT2D eigenvalue weighted by molar-refractivity contribution is 6.22. The van der Waals surface area contributed by atoms with Crippen LogP contribution in [0.15, 0.2) is 36.0 Å². The van der Waals surface area contributed by atoms with Crippen molar-refractivity contribution in [3.63, 3.8) is 0 Å². The van der Waals surface area contributed by atoms with Crippen LogP contribution in [0.25, 0.3) is 0 Å². The van der Waals surface area contributed by atoms with Gasteiger partial charge in [-0.25, -0.2) is 4.79 Å². The maximum Gasteiger partial charge on any atom is 0.352 e. The lowest BCUT2D eigenvalue weighted by atomic mass is 10.2. The number of nitrogens with one attached hydrogen (secondary N) is 2. The van der Waals surface area contributed by atoms with Crippen LogP contribution < -0.4 is 10.6 Å². The SMILES string of the molecule is O=C/C=C(\Nc1ccc(C(=O)NCCC2CC2Cl)cc1)C(=O)O. The summed E-state index contributed by atoms with van der Waals surface area (Å²) in [5, 5.41) is 14.6. The van der Waals surface area contributed by atoms with Gasteiger partial charge >= 0.3 is 5.97 Å². The molecule has 3 N–H and O–H groups in total. The smallest absolute Gasteiger partial charge is 0.352 e. The average Bonchev–Trinajstić information content (AvgIpc) is 3.22. The van der Waals surface area contributed by atoms with Crippen LogP contribution in [0.5, 0.6) is 0 Å². The molecule has 0 radical (unpaired) electrons. The molecule has 1 aromatic rings. The first-order chi connectivity index (χ1) is 11.0. The van der Waals surface area contributed by atoms with Crippen LogP contribution in [0.4, 0.5) is 5.69 Å². The number of halogens is 1. The summed E-state index contributed by atoms with van der Waals surface area (Å²) in [4.78, 5) is 33.2. The summed E-state index contributed by atoms with van der Waals surface area (Å²) < 4.78 is 0. The Labute approximate surface area is 138 Å². The molecule has 1 amide bonds. The predicted molar refractivity (Wildman–Crippen MR) is 86.5 cm³/mol. The first-order valence-electron chi connectivity index (χ1n) is 7.19. The molecule has 6 nitrogen and oxygen atoms in total. The molecule has 0 spiro atoms. The maximum atomic E-state index is 12.0. The third kappa shape index (κ3) is 5.10. The van der Waals surface area contributed by atoms with E-state index in [4.69, 9.17) is 16.7 Å². The molecular formula is C16H17ClN2O4. The van der Waals surface area contributed by atoms with E-state index in [1.807, 2.05) is 0 Å². The molecule has 0 bridgehead atoms. The number of aldehydes is 1. The second-order valence-electron chi connectivity index (χ2n) is 5.28. The Morgan fingerprint density at radius 1 is 1.30 bits per heavy atom. The van der Waals surface area contributed by atoms with Crippen LogP contribution in [0, 0.1) is 5.92 Å². The van der Waals surface area contributed by atoms with Crippen LogP contribution in [0.1, 0.15) is 23.2 Å². The van der Waals surface area contributed by atoms with Crippen molar-refractivity contribution >= 4 is 35.5 Å². The summed E-state index contributed by atoms with van der Waals surface area (Å²) in [7, 11) is 0. The molecule has 0 aromatic heterocycles. The first kappa shape index (κ1) is 17.0. The van der Waals surface area contributed by atoms with Crippen molar-refractivity contribution in [3.05, 3.63) is 41.6 Å². The Morgan fingerprint density at radius 3 is 2.48 bits per heavy atom. The van der Waals surface area contributed by atoms with Gasteiger partial charge in [0.2, 0.25) is 0 Å². The number of carbonyl (C=O) groups is 3. The van der Waals surface area contributed by atoms with E-state index in [1.165, 1.54) is 0 Å². The Hall–Kier alpha value is -2.34. The molecule has 1 saturated carbocycles. The van der Waals surface area contributed by atoms with Gasteiger partial charge in [-0.1, -0.05) is 0 Å². The standard InChI is InChI=1S/C16H17ClN2O4/c17-13-9-11(13)5-7-18-15(21)10-1-3-12(4-2-10)19-14(6-8-20)16(22)23/h1-4,6,8,11,13,19H,5,7,9H2,(H,18,21)(H,22,23)/b14-6-. The molecule has 0 heterocycles. The molecule has 1 aliphatic carbocycles. The monoisotopic (exact) mass is 336 g/mol. The molecule has 1 aromatic carbocycles. The highest BCUT2D eigenvalue weighted by Gasteiger charge is 2.34. The molecular weight excluding hydrogens is 320 g/mol. The van der Waals surface area contributed by atoms with E-state index in [2.05, 4.69) is 10.6 Å². The molecule has 0 aliphatic heterocycles. The third-order valence-corrected chi connectivity index (χ3v) is 4.06. The normalized spacial score (nSPS) is 19.8. The second kappa shape index (κ2) is 7.78. The Kier molecular flexibility index (Phi) is 5.76. The fraction of sp³-hybridized carbons (Fsp3) is 0.312. The van der Waals surface area contributed by atoms with Crippen LogP contribution in [-0.2, 0) is 9.59 Å². The summed E-state index contributed by atoms with van der Waals surface area (Å²) in [6, 6.07) is 6.32. The molecule has 2 atom stereocenters. The van der Waals surface area contributed by atoms with Crippen LogP contribution in [0.2, 0.25) is 0 Å². The lowest BCUT2D eigenvalue weighted by Crippen LogP contribution is -2.24. The van der Waals surface area contributed by atoms with Gasteiger partial charge < -0.3 is 15.7 Å². The predicted octanol–water partition coefficient (Wildman–Crippen LogP) is 2.01. The highest BCUT2D eigenvalue weighted by Crippen LogP contribution is 2.38. The Balaban J connectivity index is 1.87. The number of hydrogen-bond donors (Lipinski definition) is 3. The number of carboxylic acid groups (broad SMARTS) is 1. The lowest BCUT2D eigenvalue weighted by molar-refractivity contribution is -0.132. The van der Waals surface area contributed by atoms with Crippen molar-refractivity contribution in [2.45, 2.75) is 18.2 Å². The Bertz CT molecular complexity index is 627. The minimum atomic E-state index is -1.24. The fourth-order valence-electron chi connectivity index (χ4n) is 2.08. The molecule has 0 saturated heterocycles. The van der Waals surface area contributed by atoms with Gasteiger partial charge in [0, 0.05) is 29.2 Å². The Morgan fingerprint density at radius 2 is 1.96 bits per heavy atom. The minimum absolute atomic E-state index is 0.190. The van der Waals surface area contributed by atoms with Crippen molar-refractivity contribution in [1.29, 1.82) is 0 Å². The van der Waals surface area contributed by atoms with Gasteiger partial charge in [-0.3, -0.25) is 9.59 Å². The molecule has 2 unspecified atom stereocenters. The lowest BCUT2D eigenvalue weighted by Gasteiger charge is -2.08. The number of carbonyl (C=O) groups excluding carboxylic acids is 2. The van der Waals surface area contributed by atoms with E-state index in [0.29, 0.717) is 30.0 Å². The van der Waals surface area contributed by atoms with Gasteiger partial charge in [-0.2, -0.15) is 0 Å². The van der Waals surface area contributed by atoms with Crippen LogP contribution in [0.3, 0.4) is 0 Å². The highest BCUT2D eigenvalue weighted by atomic mass is 35.5. The van der Waals surface area contributed by atoms with Gasteiger partial charge in [-0.15, -0.1) is 11.6 Å². The van der Waals surface area contributed by atoms with E-state index in [0.717, 1.165) is 18.9 Å². The van der Waals surface area contributed by atoms with Gasteiger partial charge in [0.05, 0.1) is 0 Å². The average molecular weight is 337 g/mol. The van der Waals surface area contributed by atoms with Gasteiger partial charge in [-0.05, 0) is 43.0 Å². The summed E-state index contributed by atoms with van der Waals surface area (Å²) >= 11 is 5.90. The van der Waals surface area contributed by atoms with Gasteiger partial charge in [0.15, 0.2) is 0 Å². The molecule has 23 heavy (non-hydrogen) atoms. The zero-order valence-electron chi connectivity index (χ0n) is 12.3. The summed E-state index contributed by atoms with van der Waals surface area (Å²) in [6.07, 6.45) is 3.20. The van der Waals surface area contributed by atoms with E-state index < -0.39 is 5.97 Å². The van der Waals surface area contributed by atoms with E-state index in [1.54, 1.807) is 24.3 Å². The second-order valence-corrected chi connectivity index (χ2v) is 5.84. The van der Waals surface area contributed by atoms with Gasteiger partial charge in [0.1, 0.15) is 12.0 Å². The number of carboxylic acids is 1. The number of allylic oxidation sites excluding steroid dienone is 1. The number of benzene rings is 1. The van der Waals surface area contributed by atoms with E-state index in [-0.39, 0.29) is 17.0 Å². The van der Waals surface area contributed by atoms with Crippen molar-refractivity contribution in [2.75, 3.05) is 11.9 Å². The fourth-order valence-corrected chi connectivity index (χ4v) is 2.43. The third-order valence-electron chi connectivity index (χ3n) is 3.53. The number of hydrogen-bond acceptors (Lipinski definition) is 4. The molecule has 7 heteroatoms. The minimum Gasteiger partial charge on any atom is -0.477 e. The number of rotatable bonds is 8. The topological polar surface area (TPSA) is 95.5 Å². The van der Waals surface area contributed by atoms with Crippen molar-refractivity contribution in [2.24, 2.45) is 5.92 Å². The van der Waals surface area contributed by atoms with Crippen LogP contribution >= 0.6 is 11.6 Å². The number of amides is 1. The quantitative estimate of drug-likeness (QED) is 0.383. The number of aliphatic carboxylic acids is 1. The van der Waals surface area contributed by atoms with E-state index in [9.17, 15) is 14.4 Å². The largest absolute Gasteiger partial charge is 0.477 e. The zero-order valence-corrected chi connectivity index (χ0v) is 13.0. The van der Waals surface area contributed by atoms with Gasteiger partial charge in [0.25, 0.3) is 5.91 Å². The molecule has 1 fully saturated rings. The zero-order chi connectivity index (χ0) is 16.8. The number of anilines is 1.